The molecule has 0 unspecified atom stereocenters. The first-order valence-electron chi connectivity index (χ1n) is 5.39. The van der Waals surface area contributed by atoms with Crippen molar-refractivity contribution < 1.29 is 0 Å². The van der Waals surface area contributed by atoms with Crippen molar-refractivity contribution >= 4 is 23.2 Å². The lowest BCUT2D eigenvalue weighted by atomic mass is 9.92. The van der Waals surface area contributed by atoms with Crippen LogP contribution in [0.1, 0.15) is 37.3 Å². The highest BCUT2D eigenvalue weighted by atomic mass is 35.5. The fourth-order valence-electron chi connectivity index (χ4n) is 2.34. The Morgan fingerprint density at radius 2 is 1.87 bits per heavy atom. The van der Waals surface area contributed by atoms with Crippen LogP contribution in [0.15, 0.2) is 18.2 Å². The normalized spacial score (nSPS) is 19.4. The minimum atomic E-state index is 0.0669. The van der Waals surface area contributed by atoms with Gasteiger partial charge in [0.05, 0.1) is 0 Å². The Morgan fingerprint density at radius 3 is 2.47 bits per heavy atom. The Kier molecular flexibility index (Phi) is 3.55. The van der Waals surface area contributed by atoms with Gasteiger partial charge in [0.15, 0.2) is 0 Å². The monoisotopic (exact) mass is 243 g/mol. The van der Waals surface area contributed by atoms with Gasteiger partial charge in [0.1, 0.15) is 0 Å². The van der Waals surface area contributed by atoms with Gasteiger partial charge in [-0.25, -0.2) is 0 Å². The maximum absolute atomic E-state index is 6.22. The quantitative estimate of drug-likeness (QED) is 0.829. The van der Waals surface area contributed by atoms with Gasteiger partial charge >= 0.3 is 0 Å². The van der Waals surface area contributed by atoms with Crippen LogP contribution < -0.4 is 5.73 Å². The Morgan fingerprint density at radius 1 is 1.20 bits per heavy atom. The van der Waals surface area contributed by atoms with Crippen LogP contribution in [-0.4, -0.2) is 0 Å². The van der Waals surface area contributed by atoms with Gasteiger partial charge in [-0.15, -0.1) is 0 Å². The summed E-state index contributed by atoms with van der Waals surface area (Å²) >= 11 is 12.0. The largest absolute Gasteiger partial charge is 0.324 e. The standard InChI is InChI=1S/C12H15Cl2N/c13-9-5-6-10(11(14)7-9)12(15)8-3-1-2-4-8/h5-8,12H,1-4,15H2/t12-/m1/s1. The minimum Gasteiger partial charge on any atom is -0.324 e. The molecule has 0 amide bonds. The molecule has 1 nitrogen and oxygen atoms in total. The van der Waals surface area contributed by atoms with Gasteiger partial charge in [0.2, 0.25) is 0 Å². The van der Waals surface area contributed by atoms with Crippen molar-refractivity contribution in [1.82, 2.24) is 0 Å². The highest BCUT2D eigenvalue weighted by molar-refractivity contribution is 6.35. The fourth-order valence-corrected chi connectivity index (χ4v) is 2.88. The molecule has 0 spiro atoms. The minimum absolute atomic E-state index is 0.0669. The molecule has 1 aromatic rings. The average Bonchev–Trinajstić information content (AvgIpc) is 2.69. The van der Waals surface area contributed by atoms with E-state index in [-0.39, 0.29) is 6.04 Å². The first-order chi connectivity index (χ1) is 7.18. The predicted octanol–water partition coefficient (Wildman–Crippen LogP) is 4.18. The molecule has 0 heterocycles. The molecule has 1 aliphatic carbocycles. The summed E-state index contributed by atoms with van der Waals surface area (Å²) in [7, 11) is 0. The van der Waals surface area contributed by atoms with Crippen LogP contribution in [0.25, 0.3) is 0 Å². The van der Waals surface area contributed by atoms with Gasteiger partial charge in [0.25, 0.3) is 0 Å². The summed E-state index contributed by atoms with van der Waals surface area (Å²) < 4.78 is 0. The van der Waals surface area contributed by atoms with Crippen LogP contribution in [0.4, 0.5) is 0 Å². The third-order valence-electron chi connectivity index (χ3n) is 3.23. The molecule has 0 aromatic heterocycles. The number of nitrogens with two attached hydrogens (primary N) is 1. The number of halogens is 2. The molecule has 0 radical (unpaired) electrons. The van der Waals surface area contributed by atoms with Crippen molar-refractivity contribution in [3.8, 4) is 0 Å². The van der Waals surface area contributed by atoms with Crippen molar-refractivity contribution in [2.24, 2.45) is 11.7 Å². The van der Waals surface area contributed by atoms with Crippen molar-refractivity contribution in [1.29, 1.82) is 0 Å². The second kappa shape index (κ2) is 4.73. The summed E-state index contributed by atoms with van der Waals surface area (Å²) in [5.74, 6) is 0.587. The summed E-state index contributed by atoms with van der Waals surface area (Å²) in [5, 5.41) is 1.37. The lowest BCUT2D eigenvalue weighted by Crippen LogP contribution is -2.19. The highest BCUT2D eigenvalue weighted by Crippen LogP contribution is 2.37. The molecule has 2 rings (SSSR count). The molecule has 15 heavy (non-hydrogen) atoms. The number of hydrogen-bond donors (Lipinski definition) is 1. The van der Waals surface area contributed by atoms with E-state index < -0.39 is 0 Å². The summed E-state index contributed by atoms with van der Waals surface area (Å²) in [6.45, 7) is 0. The third kappa shape index (κ3) is 2.47. The number of rotatable bonds is 2. The average molecular weight is 244 g/mol. The van der Waals surface area contributed by atoms with Gasteiger partial charge in [-0.3, -0.25) is 0 Å². The second-order valence-electron chi connectivity index (χ2n) is 4.24. The van der Waals surface area contributed by atoms with E-state index in [1.165, 1.54) is 25.7 Å². The first kappa shape index (κ1) is 11.3. The van der Waals surface area contributed by atoms with Gasteiger partial charge in [0, 0.05) is 16.1 Å². The van der Waals surface area contributed by atoms with Crippen molar-refractivity contribution in [2.45, 2.75) is 31.7 Å². The second-order valence-corrected chi connectivity index (χ2v) is 5.08. The molecule has 1 saturated carbocycles. The van der Waals surface area contributed by atoms with E-state index in [9.17, 15) is 0 Å². The molecule has 1 aliphatic rings. The molecule has 1 aromatic carbocycles. The lowest BCUT2D eigenvalue weighted by molar-refractivity contribution is 0.445. The van der Waals surface area contributed by atoms with Crippen molar-refractivity contribution in [3.05, 3.63) is 33.8 Å². The zero-order valence-corrected chi connectivity index (χ0v) is 10.1. The maximum Gasteiger partial charge on any atom is 0.0468 e. The van der Waals surface area contributed by atoms with Crippen LogP contribution in [0, 0.1) is 5.92 Å². The summed E-state index contributed by atoms with van der Waals surface area (Å²) in [4.78, 5) is 0. The summed E-state index contributed by atoms with van der Waals surface area (Å²) in [6.07, 6.45) is 5.04. The Labute approximate surface area is 101 Å². The molecule has 2 N–H and O–H groups in total. The van der Waals surface area contributed by atoms with E-state index in [2.05, 4.69) is 0 Å². The van der Waals surface area contributed by atoms with Gasteiger partial charge < -0.3 is 5.73 Å². The van der Waals surface area contributed by atoms with E-state index in [1.807, 2.05) is 12.1 Å². The third-order valence-corrected chi connectivity index (χ3v) is 3.79. The first-order valence-corrected chi connectivity index (χ1v) is 6.14. The van der Waals surface area contributed by atoms with E-state index >= 15 is 0 Å². The topological polar surface area (TPSA) is 26.0 Å². The highest BCUT2D eigenvalue weighted by Gasteiger charge is 2.24. The van der Waals surface area contributed by atoms with Gasteiger partial charge in [-0.1, -0.05) is 42.1 Å². The lowest BCUT2D eigenvalue weighted by Gasteiger charge is -2.20. The molecule has 3 heteroatoms. The SMILES string of the molecule is N[C@@H](c1ccc(Cl)cc1Cl)C1CCCC1. The number of benzene rings is 1. The molecule has 0 bridgehead atoms. The van der Waals surface area contributed by atoms with Crippen LogP contribution in [-0.2, 0) is 0 Å². The Balaban J connectivity index is 2.20. The van der Waals surface area contributed by atoms with Gasteiger partial charge in [-0.05, 0) is 36.5 Å². The molecule has 0 saturated heterocycles. The molecular formula is C12H15Cl2N. The predicted molar refractivity (Wildman–Crippen MR) is 65.3 cm³/mol. The molecular weight excluding hydrogens is 229 g/mol. The fraction of sp³-hybridized carbons (Fsp3) is 0.500. The van der Waals surface area contributed by atoms with E-state index in [0.29, 0.717) is 16.0 Å². The summed E-state index contributed by atoms with van der Waals surface area (Å²) in [6, 6.07) is 5.65. The molecule has 1 fully saturated rings. The Bertz CT molecular complexity index is 345. The van der Waals surface area contributed by atoms with Crippen LogP contribution in [0.3, 0.4) is 0 Å². The van der Waals surface area contributed by atoms with E-state index in [4.69, 9.17) is 28.9 Å². The smallest absolute Gasteiger partial charge is 0.0468 e. The zero-order valence-electron chi connectivity index (χ0n) is 8.55. The van der Waals surface area contributed by atoms with Crippen LogP contribution in [0.5, 0.6) is 0 Å². The van der Waals surface area contributed by atoms with E-state index in [0.717, 1.165) is 5.56 Å². The molecule has 1 atom stereocenters. The van der Waals surface area contributed by atoms with Crippen LogP contribution >= 0.6 is 23.2 Å². The van der Waals surface area contributed by atoms with Gasteiger partial charge in [-0.2, -0.15) is 0 Å². The number of hydrogen-bond acceptors (Lipinski definition) is 1. The van der Waals surface area contributed by atoms with Crippen LogP contribution in [0.2, 0.25) is 10.0 Å². The summed E-state index contributed by atoms with van der Waals surface area (Å²) in [5.41, 5.74) is 7.26. The molecule has 0 aliphatic heterocycles. The van der Waals surface area contributed by atoms with Crippen molar-refractivity contribution in [3.63, 3.8) is 0 Å². The Hall–Kier alpha value is -0.240. The van der Waals surface area contributed by atoms with E-state index in [1.54, 1.807) is 6.07 Å². The van der Waals surface area contributed by atoms with Crippen molar-refractivity contribution in [2.75, 3.05) is 0 Å². The zero-order chi connectivity index (χ0) is 10.8. The maximum atomic E-state index is 6.22. The molecule has 82 valence electrons.